The van der Waals surface area contributed by atoms with Crippen LogP contribution in [0.4, 0.5) is 14.5 Å². The van der Waals surface area contributed by atoms with E-state index < -0.39 is 32.5 Å². The van der Waals surface area contributed by atoms with Gasteiger partial charge in [-0.05, 0) is 18.2 Å². The third-order valence-electron chi connectivity index (χ3n) is 3.33. The Kier molecular flexibility index (Phi) is 4.21. The summed E-state index contributed by atoms with van der Waals surface area (Å²) < 4.78 is 63.6. The Bertz CT molecular complexity index is 961. The molecule has 7 nitrogen and oxygen atoms in total. The number of fused-ring (bicyclic) bond motifs is 1. The smallest absolute Gasteiger partial charge is 0.339 e. The quantitative estimate of drug-likeness (QED) is 0.855. The van der Waals surface area contributed by atoms with Crippen LogP contribution in [0.5, 0.6) is 11.5 Å². The maximum absolute atomic E-state index is 13.2. The summed E-state index contributed by atoms with van der Waals surface area (Å²) in [7, 11) is -4.27. The van der Waals surface area contributed by atoms with Crippen LogP contribution in [0.1, 0.15) is 10.4 Å². The van der Waals surface area contributed by atoms with E-state index in [1.165, 1.54) is 0 Å². The Morgan fingerprint density at radius 1 is 1.08 bits per heavy atom. The number of carboxylic acids is 1. The fourth-order valence-electron chi connectivity index (χ4n) is 2.22. The first kappa shape index (κ1) is 17.0. The maximum Gasteiger partial charge on any atom is 0.339 e. The summed E-state index contributed by atoms with van der Waals surface area (Å²) in [6, 6.07) is 4.47. The molecule has 0 aliphatic carbocycles. The Balaban J connectivity index is 2.03. The molecule has 0 unspecified atom stereocenters. The van der Waals surface area contributed by atoms with Crippen LogP contribution < -0.4 is 14.2 Å². The molecule has 0 saturated heterocycles. The van der Waals surface area contributed by atoms with Crippen molar-refractivity contribution in [2.75, 3.05) is 17.9 Å². The van der Waals surface area contributed by atoms with E-state index >= 15 is 0 Å². The van der Waals surface area contributed by atoms with Crippen molar-refractivity contribution >= 4 is 21.7 Å². The van der Waals surface area contributed by atoms with Crippen molar-refractivity contribution in [3.05, 3.63) is 47.5 Å². The van der Waals surface area contributed by atoms with Crippen LogP contribution in [0.25, 0.3) is 0 Å². The monoisotopic (exact) mass is 371 g/mol. The van der Waals surface area contributed by atoms with Gasteiger partial charge in [-0.3, -0.25) is 4.72 Å². The molecule has 2 aromatic rings. The minimum atomic E-state index is -4.27. The van der Waals surface area contributed by atoms with Crippen LogP contribution in [0, 0.1) is 11.6 Å². The number of anilines is 1. The lowest BCUT2D eigenvalue weighted by molar-refractivity contribution is 0.0685. The Hall–Kier alpha value is -2.88. The van der Waals surface area contributed by atoms with Crippen LogP contribution in [-0.4, -0.2) is 32.7 Å². The van der Waals surface area contributed by atoms with Gasteiger partial charge in [0.15, 0.2) is 23.1 Å². The van der Waals surface area contributed by atoms with Gasteiger partial charge in [-0.2, -0.15) is 0 Å². The highest BCUT2D eigenvalue weighted by Gasteiger charge is 2.26. The molecule has 1 aliphatic rings. The number of ether oxygens (including phenoxy) is 2. The van der Waals surface area contributed by atoms with Gasteiger partial charge in [-0.15, -0.1) is 0 Å². The van der Waals surface area contributed by atoms with Gasteiger partial charge in [0, 0.05) is 12.1 Å². The van der Waals surface area contributed by atoms with Gasteiger partial charge in [0.2, 0.25) is 0 Å². The first-order chi connectivity index (χ1) is 11.8. The largest absolute Gasteiger partial charge is 0.486 e. The number of rotatable bonds is 4. The standard InChI is InChI=1S/C15H11F2NO6S/c16-11-2-1-8(5-12(11)17)18-25(21,22)9-6-10(15(19)20)14-13(7-9)23-3-4-24-14/h1-2,5-7,18H,3-4H2,(H,19,20). The molecule has 10 heteroatoms. The number of hydrogen-bond acceptors (Lipinski definition) is 5. The number of halogens is 2. The maximum atomic E-state index is 13.2. The fourth-order valence-corrected chi connectivity index (χ4v) is 3.31. The molecule has 2 N–H and O–H groups in total. The number of nitrogens with one attached hydrogen (secondary N) is 1. The average molecular weight is 371 g/mol. The molecule has 0 bridgehead atoms. The minimum Gasteiger partial charge on any atom is -0.486 e. The number of sulfonamides is 1. The molecule has 3 rings (SSSR count). The summed E-state index contributed by atoms with van der Waals surface area (Å²) in [6.07, 6.45) is 0. The Morgan fingerprint density at radius 3 is 2.48 bits per heavy atom. The summed E-state index contributed by atoms with van der Waals surface area (Å²) >= 11 is 0. The molecular weight excluding hydrogens is 360 g/mol. The van der Waals surface area contributed by atoms with Gasteiger partial charge in [-0.25, -0.2) is 22.0 Å². The number of hydrogen-bond donors (Lipinski definition) is 2. The zero-order chi connectivity index (χ0) is 18.2. The lowest BCUT2D eigenvalue weighted by atomic mass is 10.2. The van der Waals surface area contributed by atoms with Crippen molar-refractivity contribution in [3.8, 4) is 11.5 Å². The van der Waals surface area contributed by atoms with Crippen LogP contribution in [0.15, 0.2) is 35.2 Å². The van der Waals surface area contributed by atoms with Crippen molar-refractivity contribution in [1.29, 1.82) is 0 Å². The van der Waals surface area contributed by atoms with E-state index in [2.05, 4.69) is 4.72 Å². The van der Waals surface area contributed by atoms with E-state index in [-0.39, 0.29) is 36.0 Å². The lowest BCUT2D eigenvalue weighted by Gasteiger charge is -2.21. The van der Waals surface area contributed by atoms with Crippen LogP contribution in [-0.2, 0) is 10.0 Å². The average Bonchev–Trinajstić information content (AvgIpc) is 2.56. The molecular formula is C15H11F2NO6S. The van der Waals surface area contributed by atoms with Crippen molar-refractivity contribution < 1.29 is 36.6 Å². The first-order valence-corrected chi connectivity index (χ1v) is 8.41. The Morgan fingerprint density at radius 2 is 1.80 bits per heavy atom. The Labute approximate surface area is 140 Å². The zero-order valence-electron chi connectivity index (χ0n) is 12.5. The van der Waals surface area contributed by atoms with Crippen LogP contribution in [0.2, 0.25) is 0 Å². The third kappa shape index (κ3) is 3.33. The normalized spacial score (nSPS) is 13.4. The van der Waals surface area contributed by atoms with E-state index in [4.69, 9.17) is 9.47 Å². The third-order valence-corrected chi connectivity index (χ3v) is 4.69. The van der Waals surface area contributed by atoms with Crippen molar-refractivity contribution in [2.45, 2.75) is 4.90 Å². The molecule has 0 fully saturated rings. The fraction of sp³-hybridized carbons (Fsp3) is 0.133. The molecule has 132 valence electrons. The SMILES string of the molecule is O=C(O)c1cc(S(=O)(=O)Nc2ccc(F)c(F)c2)cc2c1OCCO2. The molecule has 1 aliphatic heterocycles. The van der Waals surface area contributed by atoms with Crippen molar-refractivity contribution in [1.82, 2.24) is 0 Å². The molecule has 0 radical (unpaired) electrons. The van der Waals surface area contributed by atoms with Gasteiger partial charge in [-0.1, -0.05) is 0 Å². The number of carbonyl (C=O) groups is 1. The lowest BCUT2D eigenvalue weighted by Crippen LogP contribution is -2.20. The van der Waals surface area contributed by atoms with E-state index in [0.717, 1.165) is 24.3 Å². The van der Waals surface area contributed by atoms with Gasteiger partial charge >= 0.3 is 5.97 Å². The molecule has 0 spiro atoms. The summed E-state index contributed by atoms with van der Waals surface area (Å²) in [4.78, 5) is 10.9. The first-order valence-electron chi connectivity index (χ1n) is 6.93. The highest BCUT2D eigenvalue weighted by molar-refractivity contribution is 7.92. The van der Waals surface area contributed by atoms with Crippen molar-refractivity contribution in [2.24, 2.45) is 0 Å². The number of aromatic carboxylic acids is 1. The van der Waals surface area contributed by atoms with E-state index in [0.29, 0.717) is 6.07 Å². The summed E-state index contributed by atoms with van der Waals surface area (Å²) in [6.45, 7) is 0.263. The summed E-state index contributed by atoms with van der Waals surface area (Å²) in [5.41, 5.74) is -0.603. The van der Waals surface area contributed by atoms with Crippen LogP contribution >= 0.6 is 0 Å². The molecule has 0 atom stereocenters. The van der Waals surface area contributed by atoms with Gasteiger partial charge in [0.1, 0.15) is 18.8 Å². The second-order valence-electron chi connectivity index (χ2n) is 5.03. The highest BCUT2D eigenvalue weighted by atomic mass is 32.2. The van der Waals surface area contributed by atoms with E-state index in [1.54, 1.807) is 0 Å². The molecule has 1 heterocycles. The predicted octanol–water partition coefficient (Wildman–Crippen LogP) is 2.24. The van der Waals surface area contributed by atoms with Gasteiger partial charge in [0.05, 0.1) is 10.6 Å². The van der Waals surface area contributed by atoms with Gasteiger partial charge < -0.3 is 14.6 Å². The summed E-state index contributed by atoms with van der Waals surface area (Å²) in [5.74, 6) is -3.85. The van der Waals surface area contributed by atoms with Crippen LogP contribution in [0.3, 0.4) is 0 Å². The minimum absolute atomic E-state index is 0.0307. The van der Waals surface area contributed by atoms with E-state index in [1.807, 2.05) is 0 Å². The molecule has 0 aromatic heterocycles. The molecule has 25 heavy (non-hydrogen) atoms. The second kappa shape index (κ2) is 6.20. The summed E-state index contributed by atoms with van der Waals surface area (Å²) in [5, 5.41) is 9.25. The van der Waals surface area contributed by atoms with E-state index in [9.17, 15) is 27.1 Å². The van der Waals surface area contributed by atoms with Crippen molar-refractivity contribution in [3.63, 3.8) is 0 Å². The number of carboxylic acid groups (broad SMARTS) is 1. The predicted molar refractivity (Wildman–Crippen MR) is 81.6 cm³/mol. The highest BCUT2D eigenvalue weighted by Crippen LogP contribution is 2.37. The second-order valence-corrected chi connectivity index (χ2v) is 6.72. The zero-order valence-corrected chi connectivity index (χ0v) is 13.3. The van der Waals surface area contributed by atoms with Gasteiger partial charge in [0.25, 0.3) is 10.0 Å². The molecule has 0 saturated carbocycles. The topological polar surface area (TPSA) is 102 Å². The number of benzene rings is 2. The molecule has 0 amide bonds. The molecule has 2 aromatic carbocycles.